The summed E-state index contributed by atoms with van der Waals surface area (Å²) in [6.07, 6.45) is 20.2. The van der Waals surface area contributed by atoms with Crippen molar-refractivity contribution in [1.82, 2.24) is 19.9 Å². The molecule has 7 nitrogen and oxygen atoms in total. The van der Waals surface area contributed by atoms with Crippen molar-refractivity contribution in [1.29, 1.82) is 0 Å². The molecule has 0 unspecified atom stereocenters. The Labute approximate surface area is 288 Å². The highest BCUT2D eigenvalue weighted by molar-refractivity contribution is 5.99. The summed E-state index contributed by atoms with van der Waals surface area (Å²) < 4.78 is 0. The lowest BCUT2D eigenvalue weighted by atomic mass is 10.0. The maximum Gasteiger partial charge on any atom is 0.167 e. The Bertz CT molecular complexity index is 2190. The van der Waals surface area contributed by atoms with Crippen molar-refractivity contribution in [3.8, 4) is 44.5 Å². The average molecular weight is 657 g/mol. The summed E-state index contributed by atoms with van der Waals surface area (Å²) in [6, 6.07) is 31.5. The fourth-order valence-corrected chi connectivity index (χ4v) is 6.69. The SMILES string of the molecule is C1=Cc2nc1c(-c1ccccc1)c1ccc([nH]1)c(-c1cc[nH+]cc1)c1nc(c(-c3cc[nH+]cc3)c3ccc([nH]3)c2-c2cc[nH+]cc2)C=C1.Cl. The molecule has 234 valence electrons. The Morgan fingerprint density at radius 3 is 0.939 bits per heavy atom. The van der Waals surface area contributed by atoms with Crippen LogP contribution in [0.25, 0.3) is 90.9 Å². The van der Waals surface area contributed by atoms with Crippen LogP contribution in [0.3, 0.4) is 0 Å². The molecule has 0 atom stereocenters. The van der Waals surface area contributed by atoms with E-state index in [0.717, 1.165) is 89.4 Å². The van der Waals surface area contributed by atoms with Gasteiger partial charge in [-0.1, -0.05) is 30.3 Å². The monoisotopic (exact) mass is 656 g/mol. The molecule has 0 spiro atoms. The van der Waals surface area contributed by atoms with Gasteiger partial charge in [-0.25, -0.2) is 24.9 Å². The van der Waals surface area contributed by atoms with Gasteiger partial charge in [0.1, 0.15) is 0 Å². The second kappa shape index (κ2) is 12.6. The van der Waals surface area contributed by atoms with Gasteiger partial charge in [0.2, 0.25) is 0 Å². The van der Waals surface area contributed by atoms with Crippen LogP contribution in [0.2, 0.25) is 0 Å². The summed E-state index contributed by atoms with van der Waals surface area (Å²) in [6.45, 7) is 0. The quantitative estimate of drug-likeness (QED) is 0.200. The van der Waals surface area contributed by atoms with Gasteiger partial charge in [0.15, 0.2) is 37.2 Å². The Morgan fingerprint density at radius 2 is 0.633 bits per heavy atom. The average Bonchev–Trinajstić information content (AvgIpc) is 3.98. The third-order valence-electron chi connectivity index (χ3n) is 8.84. The molecule has 0 fully saturated rings. The van der Waals surface area contributed by atoms with Crippen molar-refractivity contribution in [3.63, 3.8) is 0 Å². The lowest BCUT2D eigenvalue weighted by Gasteiger charge is -2.06. The van der Waals surface area contributed by atoms with E-state index in [1.54, 1.807) is 0 Å². The van der Waals surface area contributed by atoms with Crippen LogP contribution < -0.4 is 15.0 Å². The number of H-pyrrole nitrogens is 5. The molecule has 0 saturated heterocycles. The molecule has 0 aliphatic carbocycles. The molecule has 2 aliphatic rings. The molecule has 5 N–H and O–H groups in total. The van der Waals surface area contributed by atoms with Gasteiger partial charge in [0.05, 0.1) is 22.8 Å². The number of hydrogen-bond acceptors (Lipinski definition) is 2. The summed E-state index contributed by atoms with van der Waals surface area (Å²) in [7, 11) is 0. The molecule has 7 aromatic rings. The molecule has 0 amide bonds. The molecule has 6 aromatic heterocycles. The van der Waals surface area contributed by atoms with Crippen molar-refractivity contribution in [2.75, 3.05) is 0 Å². The van der Waals surface area contributed by atoms with Crippen molar-refractivity contribution < 1.29 is 15.0 Å². The third kappa shape index (κ3) is 5.42. The Hall–Kier alpha value is -6.44. The number of nitrogens with zero attached hydrogens (tertiary/aromatic N) is 2. The highest BCUT2D eigenvalue weighted by Gasteiger charge is 2.19. The van der Waals surface area contributed by atoms with Gasteiger partial charge in [-0.2, -0.15) is 0 Å². The van der Waals surface area contributed by atoms with Crippen LogP contribution in [0.4, 0.5) is 0 Å². The van der Waals surface area contributed by atoms with Crippen LogP contribution in [0.1, 0.15) is 22.8 Å². The zero-order chi connectivity index (χ0) is 31.9. The maximum absolute atomic E-state index is 5.33. The minimum absolute atomic E-state index is 0. The number of benzene rings is 1. The van der Waals surface area contributed by atoms with Crippen molar-refractivity contribution in [3.05, 3.63) is 151 Å². The van der Waals surface area contributed by atoms with E-state index in [1.165, 1.54) is 0 Å². The molecule has 8 bridgehead atoms. The van der Waals surface area contributed by atoms with Gasteiger partial charge in [-0.15, -0.1) is 12.4 Å². The van der Waals surface area contributed by atoms with Gasteiger partial charge in [0.25, 0.3) is 0 Å². The molecular weight excluding hydrogens is 626 g/mol. The zero-order valence-electron chi connectivity index (χ0n) is 26.2. The molecule has 1 aromatic carbocycles. The van der Waals surface area contributed by atoms with Crippen molar-refractivity contribution in [2.24, 2.45) is 0 Å². The topological polar surface area (TPSA) is 99.8 Å². The number of pyridine rings is 3. The van der Waals surface area contributed by atoms with E-state index in [9.17, 15) is 0 Å². The minimum atomic E-state index is 0. The number of fused-ring (bicyclic) bond motifs is 8. The number of aromatic amines is 5. The molecule has 0 radical (unpaired) electrons. The van der Waals surface area contributed by atoms with Gasteiger partial charge >= 0.3 is 0 Å². The standard InChI is InChI=1S/C41H27N7.ClH/c1-2-4-26(5-3-1)38-30-6-8-32(45-30)39(27-14-20-42-21-15-27)34-10-12-36(47-34)41(29-18-24-44-25-19-29)37-13-11-35(48-37)40(28-16-22-43-23-17-28)33-9-7-31(38)46-33;/h1-25,45,48H;1H/p+3. The number of hydrogen-bond donors (Lipinski definition) is 2. The van der Waals surface area contributed by atoms with E-state index in [1.807, 2.05) is 43.2 Å². The molecule has 8 heterocycles. The van der Waals surface area contributed by atoms with Gasteiger partial charge in [0, 0.05) is 80.7 Å². The van der Waals surface area contributed by atoms with E-state index in [2.05, 4.69) is 134 Å². The molecule has 49 heavy (non-hydrogen) atoms. The number of nitrogens with one attached hydrogen (secondary N) is 5. The zero-order valence-corrected chi connectivity index (χ0v) is 27.1. The molecular formula is C41H31ClN7+3. The first-order valence-electron chi connectivity index (χ1n) is 15.9. The lowest BCUT2D eigenvalue weighted by molar-refractivity contribution is -0.378. The second-order valence-electron chi connectivity index (χ2n) is 11.7. The Kier molecular flexibility index (Phi) is 7.72. The third-order valence-corrected chi connectivity index (χ3v) is 8.84. The van der Waals surface area contributed by atoms with Gasteiger partial charge in [-0.05, 0) is 70.8 Å². The first-order valence-corrected chi connectivity index (χ1v) is 15.9. The van der Waals surface area contributed by atoms with E-state index in [-0.39, 0.29) is 12.4 Å². The fraction of sp³-hybridized carbons (Fsp3) is 0. The smallest absolute Gasteiger partial charge is 0.167 e. The summed E-state index contributed by atoms with van der Waals surface area (Å²) in [5.74, 6) is 0. The maximum atomic E-state index is 5.33. The molecule has 0 saturated carbocycles. The highest BCUT2D eigenvalue weighted by atomic mass is 35.5. The second-order valence-corrected chi connectivity index (χ2v) is 11.7. The molecule has 9 rings (SSSR count). The highest BCUT2D eigenvalue weighted by Crippen LogP contribution is 2.37. The van der Waals surface area contributed by atoms with Crippen molar-refractivity contribution in [2.45, 2.75) is 0 Å². The van der Waals surface area contributed by atoms with E-state index < -0.39 is 0 Å². The number of aromatic nitrogens is 7. The lowest BCUT2D eigenvalue weighted by Crippen LogP contribution is -1.98. The van der Waals surface area contributed by atoms with E-state index in [0.29, 0.717) is 0 Å². The van der Waals surface area contributed by atoms with Crippen LogP contribution in [0.15, 0.2) is 128 Å². The molecule has 8 heteroatoms. The van der Waals surface area contributed by atoms with Crippen LogP contribution in [-0.2, 0) is 0 Å². The predicted molar refractivity (Wildman–Crippen MR) is 198 cm³/mol. The first-order chi connectivity index (χ1) is 23.8. The first kappa shape index (κ1) is 29.9. The summed E-state index contributed by atoms with van der Waals surface area (Å²) in [4.78, 5) is 27.7. The van der Waals surface area contributed by atoms with Crippen LogP contribution in [0, 0.1) is 0 Å². The van der Waals surface area contributed by atoms with Crippen LogP contribution >= 0.6 is 12.4 Å². The molecule has 2 aliphatic heterocycles. The number of halogens is 1. The van der Waals surface area contributed by atoms with Crippen molar-refractivity contribution >= 4 is 58.8 Å². The van der Waals surface area contributed by atoms with Crippen LogP contribution in [-0.4, -0.2) is 19.9 Å². The minimum Gasteiger partial charge on any atom is -0.354 e. The number of rotatable bonds is 4. The summed E-state index contributed by atoms with van der Waals surface area (Å²) in [5, 5.41) is 0. The Balaban J connectivity index is 0.00000348. The predicted octanol–water partition coefficient (Wildman–Crippen LogP) is 8.19. The normalized spacial score (nSPS) is 11.8. The van der Waals surface area contributed by atoms with Gasteiger partial charge < -0.3 is 9.97 Å². The fourth-order valence-electron chi connectivity index (χ4n) is 6.69. The summed E-state index contributed by atoms with van der Waals surface area (Å²) in [5.41, 5.74) is 15.7. The van der Waals surface area contributed by atoms with E-state index in [4.69, 9.17) is 9.97 Å². The van der Waals surface area contributed by atoms with Crippen LogP contribution in [0.5, 0.6) is 0 Å². The Morgan fingerprint density at radius 1 is 0.347 bits per heavy atom. The van der Waals surface area contributed by atoms with E-state index >= 15 is 0 Å². The largest absolute Gasteiger partial charge is 0.354 e. The van der Waals surface area contributed by atoms with Gasteiger partial charge in [-0.3, -0.25) is 0 Å². The summed E-state index contributed by atoms with van der Waals surface area (Å²) >= 11 is 0.